The highest BCUT2D eigenvalue weighted by atomic mass is 19.1. The molecule has 0 N–H and O–H groups in total. The third-order valence-electron chi connectivity index (χ3n) is 3.14. The van der Waals surface area contributed by atoms with E-state index >= 15 is 0 Å². The van der Waals surface area contributed by atoms with Gasteiger partial charge in [-0.25, -0.2) is 9.18 Å². The molecule has 0 aliphatic carbocycles. The first-order valence-corrected chi connectivity index (χ1v) is 6.70. The number of benzene rings is 2. The van der Waals surface area contributed by atoms with Gasteiger partial charge in [0.2, 0.25) is 6.79 Å². The summed E-state index contributed by atoms with van der Waals surface area (Å²) >= 11 is 0. The molecule has 0 radical (unpaired) electrons. The summed E-state index contributed by atoms with van der Waals surface area (Å²) in [4.78, 5) is 11.6. The molecule has 2 aromatic carbocycles. The Labute approximate surface area is 126 Å². The van der Waals surface area contributed by atoms with Crippen LogP contribution >= 0.6 is 0 Å². The van der Waals surface area contributed by atoms with Crippen molar-refractivity contribution in [3.63, 3.8) is 0 Å². The number of halogens is 1. The fourth-order valence-corrected chi connectivity index (χ4v) is 1.99. The van der Waals surface area contributed by atoms with Crippen molar-refractivity contribution in [2.24, 2.45) is 0 Å². The Morgan fingerprint density at radius 2 is 2.00 bits per heavy atom. The molecule has 0 saturated carbocycles. The molecule has 1 aliphatic heterocycles. The zero-order valence-corrected chi connectivity index (χ0v) is 11.6. The lowest BCUT2D eigenvalue weighted by Gasteiger charge is -2.03. The third kappa shape index (κ3) is 3.25. The van der Waals surface area contributed by atoms with Crippen LogP contribution in [0.25, 0.3) is 6.08 Å². The van der Waals surface area contributed by atoms with E-state index in [4.69, 9.17) is 14.2 Å². The number of ether oxygens (including phenoxy) is 3. The van der Waals surface area contributed by atoms with Crippen LogP contribution in [-0.2, 0) is 16.1 Å². The Bertz CT molecular complexity index is 724. The van der Waals surface area contributed by atoms with Gasteiger partial charge < -0.3 is 14.2 Å². The number of esters is 1. The Hall–Kier alpha value is -2.82. The number of hydrogen-bond donors (Lipinski definition) is 0. The van der Waals surface area contributed by atoms with Gasteiger partial charge in [-0.05, 0) is 29.8 Å². The molecule has 0 amide bonds. The lowest BCUT2D eigenvalue weighted by molar-refractivity contribution is -0.138. The SMILES string of the molecule is O=C(/C=C/c1ccc2c(c1)OCO2)OCc1ccccc1F. The van der Waals surface area contributed by atoms with Crippen molar-refractivity contribution in [2.45, 2.75) is 6.61 Å². The summed E-state index contributed by atoms with van der Waals surface area (Å²) in [6.07, 6.45) is 2.89. The van der Waals surface area contributed by atoms with E-state index in [2.05, 4.69) is 0 Å². The van der Waals surface area contributed by atoms with Crippen molar-refractivity contribution < 1.29 is 23.4 Å². The van der Waals surface area contributed by atoms with E-state index in [9.17, 15) is 9.18 Å². The van der Waals surface area contributed by atoms with Crippen LogP contribution in [0.5, 0.6) is 11.5 Å². The van der Waals surface area contributed by atoms with Crippen molar-refractivity contribution in [3.8, 4) is 11.5 Å². The van der Waals surface area contributed by atoms with Gasteiger partial charge in [-0.15, -0.1) is 0 Å². The van der Waals surface area contributed by atoms with E-state index in [1.807, 2.05) is 0 Å². The summed E-state index contributed by atoms with van der Waals surface area (Å²) < 4.78 is 28.8. The maximum absolute atomic E-state index is 13.4. The van der Waals surface area contributed by atoms with Crippen LogP contribution < -0.4 is 9.47 Å². The van der Waals surface area contributed by atoms with Gasteiger partial charge in [-0.3, -0.25) is 0 Å². The molecule has 4 nitrogen and oxygen atoms in total. The lowest BCUT2D eigenvalue weighted by atomic mass is 10.2. The second-order valence-corrected chi connectivity index (χ2v) is 4.65. The number of carbonyl (C=O) groups is 1. The van der Waals surface area contributed by atoms with Gasteiger partial charge >= 0.3 is 5.97 Å². The summed E-state index contributed by atoms with van der Waals surface area (Å²) in [7, 11) is 0. The zero-order chi connectivity index (χ0) is 15.4. The minimum atomic E-state index is -0.541. The normalized spacial score (nSPS) is 12.6. The first-order chi connectivity index (χ1) is 10.7. The first-order valence-electron chi connectivity index (χ1n) is 6.70. The molecule has 0 fully saturated rings. The highest BCUT2D eigenvalue weighted by Crippen LogP contribution is 2.32. The van der Waals surface area contributed by atoms with Gasteiger partial charge in [0.25, 0.3) is 0 Å². The maximum Gasteiger partial charge on any atom is 0.331 e. The predicted molar refractivity (Wildman–Crippen MR) is 77.8 cm³/mol. The number of fused-ring (bicyclic) bond motifs is 1. The largest absolute Gasteiger partial charge is 0.458 e. The average molecular weight is 300 g/mol. The highest BCUT2D eigenvalue weighted by molar-refractivity contribution is 5.87. The van der Waals surface area contributed by atoms with Gasteiger partial charge in [0.1, 0.15) is 12.4 Å². The van der Waals surface area contributed by atoms with Gasteiger partial charge in [0.15, 0.2) is 11.5 Å². The van der Waals surface area contributed by atoms with Crippen molar-refractivity contribution in [1.29, 1.82) is 0 Å². The Kier molecular flexibility index (Phi) is 4.05. The molecular weight excluding hydrogens is 287 g/mol. The van der Waals surface area contributed by atoms with Crippen molar-refractivity contribution in [1.82, 2.24) is 0 Å². The molecule has 0 aromatic heterocycles. The fourth-order valence-electron chi connectivity index (χ4n) is 1.99. The molecule has 5 heteroatoms. The van der Waals surface area contributed by atoms with Gasteiger partial charge in [0, 0.05) is 11.6 Å². The predicted octanol–water partition coefficient (Wildman–Crippen LogP) is 3.31. The van der Waals surface area contributed by atoms with E-state index in [0.29, 0.717) is 17.1 Å². The smallest absolute Gasteiger partial charge is 0.331 e. The topological polar surface area (TPSA) is 44.8 Å². The van der Waals surface area contributed by atoms with Gasteiger partial charge in [-0.2, -0.15) is 0 Å². The van der Waals surface area contributed by atoms with Crippen LogP contribution in [0.4, 0.5) is 4.39 Å². The molecule has 0 saturated heterocycles. The van der Waals surface area contributed by atoms with Gasteiger partial charge in [0.05, 0.1) is 0 Å². The molecule has 0 bridgehead atoms. The van der Waals surface area contributed by atoms with Crippen molar-refractivity contribution >= 4 is 12.0 Å². The molecule has 0 spiro atoms. The fraction of sp³-hybridized carbons (Fsp3) is 0.118. The summed E-state index contributed by atoms with van der Waals surface area (Å²) in [5, 5.41) is 0. The second kappa shape index (κ2) is 6.30. The maximum atomic E-state index is 13.4. The molecule has 1 heterocycles. The molecule has 3 rings (SSSR count). The van der Waals surface area contributed by atoms with E-state index in [0.717, 1.165) is 5.56 Å². The Morgan fingerprint density at radius 1 is 1.18 bits per heavy atom. The van der Waals surface area contributed by atoms with E-state index in [-0.39, 0.29) is 13.4 Å². The molecular formula is C17H13FO4. The van der Waals surface area contributed by atoms with Crippen LogP contribution in [0, 0.1) is 5.82 Å². The number of carbonyl (C=O) groups excluding carboxylic acids is 1. The molecule has 2 aromatic rings. The number of hydrogen-bond acceptors (Lipinski definition) is 4. The molecule has 0 atom stereocenters. The quantitative estimate of drug-likeness (QED) is 0.642. The molecule has 22 heavy (non-hydrogen) atoms. The lowest BCUT2D eigenvalue weighted by Crippen LogP contribution is -2.02. The summed E-state index contributed by atoms with van der Waals surface area (Å²) in [5.74, 6) is 0.386. The summed E-state index contributed by atoms with van der Waals surface area (Å²) in [6, 6.07) is 11.5. The zero-order valence-electron chi connectivity index (χ0n) is 11.6. The standard InChI is InChI=1S/C17H13FO4/c18-14-4-2-1-3-13(14)10-20-17(19)8-6-12-5-7-15-16(9-12)22-11-21-15/h1-9H,10-11H2/b8-6+. The summed E-state index contributed by atoms with van der Waals surface area (Å²) in [5.41, 5.74) is 1.12. The van der Waals surface area contributed by atoms with Crippen LogP contribution in [0.2, 0.25) is 0 Å². The van der Waals surface area contributed by atoms with Gasteiger partial charge in [-0.1, -0.05) is 24.3 Å². The molecule has 0 unspecified atom stereocenters. The highest BCUT2D eigenvalue weighted by Gasteiger charge is 2.12. The molecule has 1 aliphatic rings. The van der Waals surface area contributed by atoms with Crippen LogP contribution in [0.3, 0.4) is 0 Å². The average Bonchev–Trinajstić information content (AvgIpc) is 2.99. The molecule has 112 valence electrons. The monoisotopic (exact) mass is 300 g/mol. The van der Waals surface area contributed by atoms with Crippen molar-refractivity contribution in [2.75, 3.05) is 6.79 Å². The minimum absolute atomic E-state index is 0.100. The third-order valence-corrected chi connectivity index (χ3v) is 3.14. The summed E-state index contributed by atoms with van der Waals surface area (Å²) in [6.45, 7) is 0.101. The van der Waals surface area contributed by atoms with E-state index < -0.39 is 11.8 Å². The van der Waals surface area contributed by atoms with Crippen LogP contribution in [0.15, 0.2) is 48.5 Å². The number of rotatable bonds is 4. The second-order valence-electron chi connectivity index (χ2n) is 4.65. The van der Waals surface area contributed by atoms with Crippen molar-refractivity contribution in [3.05, 3.63) is 65.5 Å². The Morgan fingerprint density at radius 3 is 2.86 bits per heavy atom. The van der Waals surface area contributed by atoms with Crippen LogP contribution in [-0.4, -0.2) is 12.8 Å². The first kappa shape index (κ1) is 14.1. The Balaban J connectivity index is 1.58. The van der Waals surface area contributed by atoms with E-state index in [1.54, 1.807) is 42.5 Å². The van der Waals surface area contributed by atoms with E-state index in [1.165, 1.54) is 12.1 Å². The minimum Gasteiger partial charge on any atom is -0.458 e. The van der Waals surface area contributed by atoms with Crippen LogP contribution in [0.1, 0.15) is 11.1 Å².